The van der Waals surface area contributed by atoms with Crippen molar-refractivity contribution in [2.24, 2.45) is 12.5 Å². The highest BCUT2D eigenvalue weighted by atomic mass is 16.6. The minimum absolute atomic E-state index is 0.0273. The van der Waals surface area contributed by atoms with E-state index in [1.807, 2.05) is 46.0 Å². The van der Waals surface area contributed by atoms with Crippen LogP contribution in [0, 0.1) is 5.41 Å². The zero-order valence-corrected chi connectivity index (χ0v) is 30.6. The summed E-state index contributed by atoms with van der Waals surface area (Å²) in [6.07, 6.45) is 7.53. The van der Waals surface area contributed by atoms with Gasteiger partial charge in [0.25, 0.3) is 5.91 Å². The molecule has 49 heavy (non-hydrogen) atoms. The van der Waals surface area contributed by atoms with Gasteiger partial charge < -0.3 is 29.1 Å². The van der Waals surface area contributed by atoms with Gasteiger partial charge in [-0.15, -0.1) is 0 Å². The summed E-state index contributed by atoms with van der Waals surface area (Å²) in [7, 11) is 7.13. The number of piperidine rings is 1. The molecule has 1 aromatic carbocycles. The predicted molar refractivity (Wildman–Crippen MR) is 187 cm³/mol. The van der Waals surface area contributed by atoms with Gasteiger partial charge in [0, 0.05) is 78.1 Å². The standard InChI is InChI=1S/C37H56N6O6/c1-36(2,3)49-35(47)43-25-20-37(21-26-43)19-10-11-23-40(5)34(46)30(41(6)33(45)29-13-8-9-15-31(29)48-27-37)14-12-24-39(4)32(44)17-16-28-18-22-38-42(28)7/h8-9,13,15,18,22,30H,10-12,14,16-17,19-21,23-27H2,1-7H3/t30-/m0/s1. The third-order valence-corrected chi connectivity index (χ3v) is 9.94. The Hall–Kier alpha value is -4.09. The zero-order chi connectivity index (χ0) is 35.8. The lowest BCUT2D eigenvalue weighted by Crippen LogP contribution is -2.49. The molecule has 1 atom stereocenters. The van der Waals surface area contributed by atoms with E-state index in [1.54, 1.807) is 58.9 Å². The number of benzene rings is 1. The van der Waals surface area contributed by atoms with E-state index in [0.717, 1.165) is 37.8 Å². The number of likely N-dealkylation sites (tertiary alicyclic amines) is 1. The van der Waals surface area contributed by atoms with Gasteiger partial charge in [0.15, 0.2) is 0 Å². The number of nitrogens with zero attached hydrogens (tertiary/aromatic N) is 6. The molecule has 3 heterocycles. The lowest BCUT2D eigenvalue weighted by molar-refractivity contribution is -0.134. The Kier molecular flexibility index (Phi) is 12.7. The molecule has 0 unspecified atom stereocenters. The van der Waals surface area contributed by atoms with Crippen LogP contribution in [0.3, 0.4) is 0 Å². The number of hydrogen-bond acceptors (Lipinski definition) is 7. The Labute approximate surface area is 291 Å². The molecule has 0 aliphatic carbocycles. The Morgan fingerprint density at radius 3 is 2.41 bits per heavy atom. The fraction of sp³-hybridized carbons (Fsp3) is 0.649. The molecular formula is C37H56N6O6. The van der Waals surface area contributed by atoms with Gasteiger partial charge in [-0.2, -0.15) is 5.10 Å². The number of likely N-dealkylation sites (N-methyl/N-ethyl adjacent to an activating group) is 2. The van der Waals surface area contributed by atoms with Crippen LogP contribution in [0.2, 0.25) is 0 Å². The maximum atomic E-state index is 14.0. The van der Waals surface area contributed by atoms with Crippen LogP contribution in [0.1, 0.15) is 88.2 Å². The first-order valence-electron chi connectivity index (χ1n) is 17.6. The average Bonchev–Trinajstić information content (AvgIpc) is 3.49. The van der Waals surface area contributed by atoms with E-state index in [-0.39, 0.29) is 29.2 Å². The van der Waals surface area contributed by atoms with Gasteiger partial charge in [0.05, 0.1) is 12.2 Å². The summed E-state index contributed by atoms with van der Waals surface area (Å²) in [5.41, 5.74) is 0.684. The Bertz CT molecular complexity index is 1440. The van der Waals surface area contributed by atoms with Crippen molar-refractivity contribution in [3.63, 3.8) is 0 Å². The van der Waals surface area contributed by atoms with Crippen molar-refractivity contribution < 1.29 is 28.7 Å². The first-order valence-corrected chi connectivity index (χ1v) is 17.6. The third-order valence-electron chi connectivity index (χ3n) is 9.94. The van der Waals surface area contributed by atoms with Crippen LogP contribution < -0.4 is 4.74 Å². The molecule has 270 valence electrons. The second kappa shape index (κ2) is 16.5. The topological polar surface area (TPSA) is 118 Å². The van der Waals surface area contributed by atoms with E-state index in [2.05, 4.69) is 5.10 Å². The van der Waals surface area contributed by atoms with Crippen LogP contribution in [-0.4, -0.2) is 119 Å². The lowest BCUT2D eigenvalue weighted by atomic mass is 9.75. The van der Waals surface area contributed by atoms with Crippen LogP contribution in [0.4, 0.5) is 4.79 Å². The maximum absolute atomic E-state index is 14.0. The summed E-state index contributed by atoms with van der Waals surface area (Å²) in [4.78, 5) is 60.3. The largest absolute Gasteiger partial charge is 0.492 e. The molecule has 12 nitrogen and oxygen atoms in total. The minimum atomic E-state index is -0.685. The summed E-state index contributed by atoms with van der Waals surface area (Å²) in [5, 5.41) is 4.17. The number of fused-ring (bicyclic) bond motifs is 1. The van der Waals surface area contributed by atoms with Crippen LogP contribution in [-0.2, 0) is 27.8 Å². The quantitative estimate of drug-likeness (QED) is 0.414. The van der Waals surface area contributed by atoms with Crippen LogP contribution in [0.15, 0.2) is 36.5 Å². The number of rotatable bonds is 7. The third kappa shape index (κ3) is 10.2. The molecule has 0 saturated carbocycles. The first kappa shape index (κ1) is 37.7. The molecule has 2 aliphatic heterocycles. The molecule has 0 N–H and O–H groups in total. The van der Waals surface area contributed by atoms with Gasteiger partial charge in [-0.3, -0.25) is 19.1 Å². The van der Waals surface area contributed by atoms with Crippen molar-refractivity contribution >= 4 is 23.8 Å². The first-order chi connectivity index (χ1) is 23.2. The van der Waals surface area contributed by atoms with Crippen molar-refractivity contribution in [1.82, 2.24) is 29.4 Å². The molecule has 0 radical (unpaired) electrons. The highest BCUT2D eigenvalue weighted by Crippen LogP contribution is 2.38. The number of amides is 4. The molecule has 2 aliphatic rings. The van der Waals surface area contributed by atoms with Gasteiger partial charge >= 0.3 is 6.09 Å². The number of aromatic nitrogens is 2. The molecule has 12 heteroatoms. The van der Waals surface area contributed by atoms with Gasteiger partial charge in [-0.05, 0) is 83.9 Å². The number of para-hydroxylation sites is 1. The molecule has 0 bridgehead atoms. The maximum Gasteiger partial charge on any atom is 0.410 e. The monoisotopic (exact) mass is 680 g/mol. The smallest absolute Gasteiger partial charge is 0.410 e. The van der Waals surface area contributed by atoms with E-state index in [0.29, 0.717) is 69.8 Å². The molecule has 1 fully saturated rings. The molecule has 1 aromatic heterocycles. The zero-order valence-electron chi connectivity index (χ0n) is 30.6. The predicted octanol–water partition coefficient (Wildman–Crippen LogP) is 4.77. The second-order valence-electron chi connectivity index (χ2n) is 14.8. The Morgan fingerprint density at radius 1 is 1.02 bits per heavy atom. The van der Waals surface area contributed by atoms with Crippen LogP contribution >= 0.6 is 0 Å². The lowest BCUT2D eigenvalue weighted by Gasteiger charge is -2.42. The van der Waals surface area contributed by atoms with Crippen molar-refractivity contribution in [2.45, 2.75) is 90.2 Å². The second-order valence-corrected chi connectivity index (χ2v) is 14.8. The molecule has 1 spiro atoms. The van der Waals surface area contributed by atoms with Crippen molar-refractivity contribution in [3.8, 4) is 5.75 Å². The normalized spacial score (nSPS) is 19.2. The number of aryl methyl sites for hydroxylation is 2. The molecular weight excluding hydrogens is 624 g/mol. The summed E-state index contributed by atoms with van der Waals surface area (Å²) in [6.45, 7) is 8.25. The molecule has 4 rings (SSSR count). The van der Waals surface area contributed by atoms with Crippen molar-refractivity contribution in [3.05, 3.63) is 47.8 Å². The molecule has 2 aromatic rings. The van der Waals surface area contributed by atoms with Gasteiger partial charge in [0.2, 0.25) is 11.8 Å². The molecule has 4 amide bonds. The van der Waals surface area contributed by atoms with E-state index >= 15 is 0 Å². The fourth-order valence-electron chi connectivity index (χ4n) is 6.70. The average molecular weight is 681 g/mol. The molecule has 1 saturated heterocycles. The Balaban J connectivity index is 1.44. The van der Waals surface area contributed by atoms with Crippen molar-refractivity contribution in [2.75, 3.05) is 53.9 Å². The van der Waals surface area contributed by atoms with Crippen molar-refractivity contribution in [1.29, 1.82) is 0 Å². The number of ether oxygens (including phenoxy) is 2. The van der Waals surface area contributed by atoms with E-state index < -0.39 is 11.6 Å². The number of hydrogen-bond donors (Lipinski definition) is 0. The van der Waals surface area contributed by atoms with Crippen LogP contribution in [0.5, 0.6) is 5.75 Å². The van der Waals surface area contributed by atoms with Gasteiger partial charge in [-0.1, -0.05) is 18.6 Å². The summed E-state index contributed by atoms with van der Waals surface area (Å²) in [6, 6.07) is 8.44. The fourth-order valence-corrected chi connectivity index (χ4v) is 6.70. The van der Waals surface area contributed by atoms with Crippen LogP contribution in [0.25, 0.3) is 0 Å². The van der Waals surface area contributed by atoms with E-state index in [9.17, 15) is 19.2 Å². The minimum Gasteiger partial charge on any atom is -0.492 e. The van der Waals surface area contributed by atoms with Gasteiger partial charge in [-0.25, -0.2) is 4.79 Å². The highest BCUT2D eigenvalue weighted by Gasteiger charge is 2.39. The summed E-state index contributed by atoms with van der Waals surface area (Å²) >= 11 is 0. The summed E-state index contributed by atoms with van der Waals surface area (Å²) < 4.78 is 13.9. The van der Waals surface area contributed by atoms with E-state index in [4.69, 9.17) is 9.47 Å². The number of carbonyl (C=O) groups excluding carboxylic acids is 4. The van der Waals surface area contributed by atoms with E-state index in [1.165, 1.54) is 4.90 Å². The Morgan fingerprint density at radius 2 is 1.73 bits per heavy atom. The number of carbonyl (C=O) groups is 4. The van der Waals surface area contributed by atoms with Gasteiger partial charge in [0.1, 0.15) is 17.4 Å². The SMILES string of the molecule is CN(CCC[C@H]1C(=O)N(C)CCCCC2(CCN(C(=O)OC(C)(C)C)CC2)COc2ccccc2C(=O)N1C)C(=O)CCc1ccnn1C. The highest BCUT2D eigenvalue weighted by molar-refractivity contribution is 5.99. The summed E-state index contributed by atoms with van der Waals surface area (Å²) in [5.74, 6) is 0.119.